The van der Waals surface area contributed by atoms with Gasteiger partial charge in [0.15, 0.2) is 0 Å². The van der Waals surface area contributed by atoms with Crippen LogP contribution in [0.15, 0.2) is 18.5 Å². The van der Waals surface area contributed by atoms with E-state index < -0.39 is 10.0 Å². The fraction of sp³-hybridized carbons (Fsp3) is 0.556. The van der Waals surface area contributed by atoms with Gasteiger partial charge < -0.3 is 5.11 Å². The highest BCUT2D eigenvalue weighted by Crippen LogP contribution is 2.37. The van der Waals surface area contributed by atoms with Crippen LogP contribution in [0.25, 0.3) is 0 Å². The van der Waals surface area contributed by atoms with Gasteiger partial charge in [-0.05, 0) is 50.8 Å². The van der Waals surface area contributed by atoms with Gasteiger partial charge in [-0.15, -0.1) is 11.3 Å². The van der Waals surface area contributed by atoms with E-state index in [1.165, 1.54) is 15.6 Å². The van der Waals surface area contributed by atoms with Gasteiger partial charge in [0.1, 0.15) is 4.90 Å². The Hall–Kier alpha value is 0.530. The Morgan fingerprint density at radius 2 is 2.24 bits per heavy atom. The molecule has 1 aromatic heterocycles. The van der Waals surface area contributed by atoms with E-state index in [0.717, 1.165) is 16.6 Å². The highest BCUT2D eigenvalue weighted by molar-refractivity contribution is 9.12. The first-order chi connectivity index (χ1) is 7.96. The highest BCUT2D eigenvalue weighted by Gasteiger charge is 2.36. The second-order valence-electron chi connectivity index (χ2n) is 3.78. The van der Waals surface area contributed by atoms with Crippen molar-refractivity contribution in [2.45, 2.75) is 23.8 Å². The molecular formula is C9H11Br2NO3S2. The van der Waals surface area contributed by atoms with Crippen molar-refractivity contribution in [2.75, 3.05) is 13.2 Å². The van der Waals surface area contributed by atoms with Crippen LogP contribution in [0, 0.1) is 0 Å². The third-order valence-electron chi connectivity index (χ3n) is 2.75. The van der Waals surface area contributed by atoms with Crippen molar-refractivity contribution in [1.29, 1.82) is 0 Å². The summed E-state index contributed by atoms with van der Waals surface area (Å²) in [6, 6.07) is 1.31. The molecule has 1 saturated heterocycles. The standard InChI is InChI=1S/C9H11Br2NO3S2/c10-8-4-7(9(11)16-8)17(14,15)12-3-1-2-6(12)5-13/h4,6,13H,1-3,5H2. The lowest BCUT2D eigenvalue weighted by molar-refractivity contribution is 0.213. The third-order valence-corrected chi connectivity index (χ3v) is 7.45. The first-order valence-corrected chi connectivity index (χ1v) is 8.88. The number of sulfonamides is 1. The fourth-order valence-electron chi connectivity index (χ4n) is 1.94. The Bertz CT molecular complexity index is 514. The largest absolute Gasteiger partial charge is 0.395 e. The summed E-state index contributed by atoms with van der Waals surface area (Å²) in [5, 5.41) is 9.20. The number of rotatable bonds is 3. The van der Waals surface area contributed by atoms with E-state index in [4.69, 9.17) is 0 Å². The molecule has 4 nitrogen and oxygen atoms in total. The zero-order valence-corrected chi connectivity index (χ0v) is 13.6. The van der Waals surface area contributed by atoms with Crippen molar-refractivity contribution in [3.63, 3.8) is 0 Å². The molecule has 1 unspecified atom stereocenters. The molecule has 1 aromatic rings. The molecule has 1 aliphatic rings. The molecule has 2 heterocycles. The molecule has 0 saturated carbocycles. The van der Waals surface area contributed by atoms with Gasteiger partial charge >= 0.3 is 0 Å². The molecule has 0 spiro atoms. The quantitative estimate of drug-likeness (QED) is 0.841. The summed E-state index contributed by atoms with van der Waals surface area (Å²) >= 11 is 7.86. The Labute approximate surface area is 121 Å². The molecule has 17 heavy (non-hydrogen) atoms. The predicted octanol–water partition coefficient (Wildman–Crippen LogP) is 2.42. The Morgan fingerprint density at radius 1 is 1.53 bits per heavy atom. The van der Waals surface area contributed by atoms with E-state index in [1.807, 2.05) is 0 Å². The van der Waals surface area contributed by atoms with Crippen molar-refractivity contribution in [2.24, 2.45) is 0 Å². The molecule has 0 aliphatic carbocycles. The van der Waals surface area contributed by atoms with E-state index >= 15 is 0 Å². The summed E-state index contributed by atoms with van der Waals surface area (Å²) in [6.45, 7) is 0.357. The van der Waals surface area contributed by atoms with Gasteiger partial charge in [-0.3, -0.25) is 0 Å². The topological polar surface area (TPSA) is 57.6 Å². The second-order valence-corrected chi connectivity index (χ2v) is 9.39. The van der Waals surface area contributed by atoms with Crippen molar-refractivity contribution in [3.8, 4) is 0 Å². The molecule has 8 heteroatoms. The maximum Gasteiger partial charge on any atom is 0.245 e. The summed E-state index contributed by atoms with van der Waals surface area (Å²) in [4.78, 5) is 0.273. The fourth-order valence-corrected chi connectivity index (χ4v) is 7.38. The molecular weight excluding hydrogens is 394 g/mol. The predicted molar refractivity (Wildman–Crippen MR) is 73.7 cm³/mol. The molecule has 0 bridgehead atoms. The molecule has 0 radical (unpaired) electrons. The summed E-state index contributed by atoms with van der Waals surface area (Å²) in [6.07, 6.45) is 1.52. The van der Waals surface area contributed by atoms with Crippen LogP contribution in [0.2, 0.25) is 0 Å². The SMILES string of the molecule is O=S(=O)(c1cc(Br)sc1Br)N1CCCC1CO. The molecule has 1 fully saturated rings. The van der Waals surface area contributed by atoms with E-state index in [2.05, 4.69) is 31.9 Å². The highest BCUT2D eigenvalue weighted by atomic mass is 79.9. The molecule has 0 aromatic carbocycles. The van der Waals surface area contributed by atoms with Gasteiger partial charge in [0.05, 0.1) is 14.2 Å². The molecule has 96 valence electrons. The van der Waals surface area contributed by atoms with Crippen LogP contribution in [-0.4, -0.2) is 37.0 Å². The summed E-state index contributed by atoms with van der Waals surface area (Å²) in [5.41, 5.74) is 0. The van der Waals surface area contributed by atoms with E-state index in [1.54, 1.807) is 6.07 Å². The van der Waals surface area contributed by atoms with Gasteiger partial charge in [-0.2, -0.15) is 4.31 Å². The number of aliphatic hydroxyl groups excluding tert-OH is 1. The van der Waals surface area contributed by atoms with E-state index in [0.29, 0.717) is 10.3 Å². The number of halogens is 2. The van der Waals surface area contributed by atoms with Crippen LogP contribution in [0.4, 0.5) is 0 Å². The van der Waals surface area contributed by atoms with Gasteiger partial charge in [0.25, 0.3) is 0 Å². The molecule has 2 rings (SSSR count). The zero-order chi connectivity index (χ0) is 12.6. The molecule has 1 aliphatic heterocycles. The first-order valence-electron chi connectivity index (χ1n) is 5.04. The van der Waals surface area contributed by atoms with Gasteiger partial charge in [0.2, 0.25) is 10.0 Å². The van der Waals surface area contributed by atoms with Crippen LogP contribution >= 0.6 is 43.2 Å². The smallest absolute Gasteiger partial charge is 0.245 e. The maximum atomic E-state index is 12.4. The van der Waals surface area contributed by atoms with Crippen molar-refractivity contribution >= 4 is 53.2 Å². The maximum absolute atomic E-state index is 12.4. The average Bonchev–Trinajstić information content (AvgIpc) is 2.84. The monoisotopic (exact) mass is 403 g/mol. The molecule has 1 N–H and O–H groups in total. The van der Waals surface area contributed by atoms with Gasteiger partial charge in [-0.25, -0.2) is 8.42 Å². The number of nitrogens with zero attached hydrogens (tertiary/aromatic N) is 1. The summed E-state index contributed by atoms with van der Waals surface area (Å²) < 4.78 is 27.6. The van der Waals surface area contributed by atoms with Crippen LogP contribution in [-0.2, 0) is 10.0 Å². The van der Waals surface area contributed by atoms with Crippen LogP contribution < -0.4 is 0 Å². The van der Waals surface area contributed by atoms with Gasteiger partial charge in [0, 0.05) is 12.6 Å². The first kappa shape index (κ1) is 14.0. The minimum atomic E-state index is -3.50. The lowest BCUT2D eigenvalue weighted by Crippen LogP contribution is -2.37. The lowest BCUT2D eigenvalue weighted by Gasteiger charge is -2.21. The third kappa shape index (κ3) is 2.62. The summed E-state index contributed by atoms with van der Waals surface area (Å²) in [5.74, 6) is 0. The molecule has 1 atom stereocenters. The van der Waals surface area contributed by atoms with Crippen molar-refractivity contribution in [3.05, 3.63) is 13.6 Å². The van der Waals surface area contributed by atoms with Crippen LogP contribution in [0.5, 0.6) is 0 Å². The van der Waals surface area contributed by atoms with Gasteiger partial charge in [-0.1, -0.05) is 0 Å². The molecule has 0 amide bonds. The Balaban J connectivity index is 2.39. The van der Waals surface area contributed by atoms with E-state index in [-0.39, 0.29) is 17.5 Å². The number of hydrogen-bond donors (Lipinski definition) is 1. The minimum absolute atomic E-state index is 0.123. The zero-order valence-electron chi connectivity index (χ0n) is 8.77. The Kier molecular flexibility index (Phi) is 4.32. The summed E-state index contributed by atoms with van der Waals surface area (Å²) in [7, 11) is -3.50. The van der Waals surface area contributed by atoms with Crippen molar-refractivity contribution in [1.82, 2.24) is 4.31 Å². The Morgan fingerprint density at radius 3 is 2.76 bits per heavy atom. The average molecular weight is 405 g/mol. The lowest BCUT2D eigenvalue weighted by atomic mass is 10.2. The van der Waals surface area contributed by atoms with E-state index in [9.17, 15) is 13.5 Å². The number of thiophene rings is 1. The number of aliphatic hydroxyl groups is 1. The minimum Gasteiger partial charge on any atom is -0.395 e. The van der Waals surface area contributed by atoms with Crippen LogP contribution in [0.3, 0.4) is 0 Å². The van der Waals surface area contributed by atoms with Crippen LogP contribution in [0.1, 0.15) is 12.8 Å². The van der Waals surface area contributed by atoms with Crippen molar-refractivity contribution < 1.29 is 13.5 Å². The normalized spacial score (nSPS) is 22.2. The number of hydrogen-bond acceptors (Lipinski definition) is 4. The second kappa shape index (κ2) is 5.26.